The van der Waals surface area contributed by atoms with Crippen molar-refractivity contribution in [2.24, 2.45) is 5.92 Å². The minimum absolute atomic E-state index is 0.0322. The van der Waals surface area contributed by atoms with Gasteiger partial charge in [-0.25, -0.2) is 0 Å². The third-order valence-corrected chi connectivity index (χ3v) is 3.85. The molecule has 1 aromatic carbocycles. The molecule has 0 N–H and O–H groups in total. The largest absolute Gasteiger partial charge is 0.481 e. The SMILES string of the molecule is O=C1C2=C(C(=O)c3ccccc31)[C@@H]1CC=C[C@@H]1O2. The van der Waals surface area contributed by atoms with E-state index in [1.807, 2.05) is 12.2 Å². The van der Waals surface area contributed by atoms with E-state index in [-0.39, 0.29) is 29.3 Å². The lowest BCUT2D eigenvalue weighted by molar-refractivity contribution is 0.0873. The Kier molecular flexibility index (Phi) is 1.74. The number of carbonyl (C=O) groups is 2. The highest BCUT2D eigenvalue weighted by Gasteiger charge is 2.46. The first-order chi connectivity index (χ1) is 8.77. The van der Waals surface area contributed by atoms with Crippen LogP contribution in [0.15, 0.2) is 47.7 Å². The predicted molar refractivity (Wildman–Crippen MR) is 64.2 cm³/mol. The number of benzene rings is 1. The first-order valence-corrected chi connectivity index (χ1v) is 6.03. The molecule has 0 saturated carbocycles. The van der Waals surface area contributed by atoms with Gasteiger partial charge >= 0.3 is 0 Å². The highest BCUT2D eigenvalue weighted by Crippen LogP contribution is 2.43. The van der Waals surface area contributed by atoms with Crippen LogP contribution in [-0.4, -0.2) is 17.7 Å². The van der Waals surface area contributed by atoms with Gasteiger partial charge in [0.25, 0.3) is 0 Å². The molecule has 3 heteroatoms. The maximum absolute atomic E-state index is 12.5. The summed E-state index contributed by atoms with van der Waals surface area (Å²) < 4.78 is 5.65. The van der Waals surface area contributed by atoms with E-state index in [2.05, 4.69) is 0 Å². The van der Waals surface area contributed by atoms with Crippen LogP contribution >= 0.6 is 0 Å². The average Bonchev–Trinajstić information content (AvgIpc) is 2.96. The Bertz CT molecular complexity index is 651. The third kappa shape index (κ3) is 1.04. The zero-order chi connectivity index (χ0) is 12.3. The Morgan fingerprint density at radius 3 is 2.56 bits per heavy atom. The van der Waals surface area contributed by atoms with Crippen LogP contribution in [-0.2, 0) is 4.74 Å². The number of fused-ring (bicyclic) bond motifs is 3. The van der Waals surface area contributed by atoms with Gasteiger partial charge in [0.2, 0.25) is 5.78 Å². The van der Waals surface area contributed by atoms with E-state index < -0.39 is 0 Å². The molecule has 1 aromatic rings. The summed E-state index contributed by atoms with van der Waals surface area (Å²) in [5.74, 6) is 0.113. The molecule has 0 radical (unpaired) electrons. The Hall–Kier alpha value is -2.16. The van der Waals surface area contributed by atoms with Gasteiger partial charge in [-0.05, 0) is 12.5 Å². The molecule has 1 aliphatic heterocycles. The van der Waals surface area contributed by atoms with E-state index >= 15 is 0 Å². The van der Waals surface area contributed by atoms with Gasteiger partial charge < -0.3 is 4.74 Å². The van der Waals surface area contributed by atoms with E-state index in [0.29, 0.717) is 16.7 Å². The quantitative estimate of drug-likeness (QED) is 0.651. The molecule has 0 spiro atoms. The van der Waals surface area contributed by atoms with Gasteiger partial charge in [-0.15, -0.1) is 0 Å². The molecule has 0 fully saturated rings. The number of rotatable bonds is 0. The monoisotopic (exact) mass is 238 g/mol. The van der Waals surface area contributed by atoms with Gasteiger partial charge in [0, 0.05) is 17.0 Å². The second-order valence-corrected chi connectivity index (χ2v) is 4.80. The van der Waals surface area contributed by atoms with Crippen LogP contribution in [0.2, 0.25) is 0 Å². The van der Waals surface area contributed by atoms with E-state index in [4.69, 9.17) is 4.74 Å². The van der Waals surface area contributed by atoms with E-state index in [0.717, 1.165) is 6.42 Å². The first-order valence-electron chi connectivity index (χ1n) is 6.03. The number of hydrogen-bond acceptors (Lipinski definition) is 3. The zero-order valence-corrected chi connectivity index (χ0v) is 9.55. The van der Waals surface area contributed by atoms with Crippen molar-refractivity contribution in [3.05, 3.63) is 58.9 Å². The fourth-order valence-electron chi connectivity index (χ4n) is 2.99. The van der Waals surface area contributed by atoms with E-state index in [9.17, 15) is 9.59 Å². The Balaban J connectivity index is 1.92. The number of carbonyl (C=O) groups excluding carboxylic acids is 2. The molecule has 0 unspecified atom stereocenters. The molecule has 2 aliphatic carbocycles. The third-order valence-electron chi connectivity index (χ3n) is 3.85. The molecular weight excluding hydrogens is 228 g/mol. The fourth-order valence-corrected chi connectivity index (χ4v) is 2.99. The number of Topliss-reactive ketones (excluding diaryl/α,β-unsaturated/α-hetero) is 2. The summed E-state index contributed by atoms with van der Waals surface area (Å²) in [5.41, 5.74) is 1.55. The summed E-state index contributed by atoms with van der Waals surface area (Å²) >= 11 is 0. The second kappa shape index (κ2) is 3.19. The van der Waals surface area contributed by atoms with E-state index in [1.54, 1.807) is 24.3 Å². The molecule has 4 rings (SSSR count). The fraction of sp³-hybridized carbons (Fsp3) is 0.200. The molecule has 18 heavy (non-hydrogen) atoms. The molecule has 1 heterocycles. The molecule has 3 nitrogen and oxygen atoms in total. The number of hydrogen-bond donors (Lipinski definition) is 0. The minimum atomic E-state index is -0.150. The van der Waals surface area contributed by atoms with Gasteiger partial charge in [-0.2, -0.15) is 0 Å². The average molecular weight is 238 g/mol. The Morgan fingerprint density at radius 2 is 1.78 bits per heavy atom. The van der Waals surface area contributed by atoms with Crippen molar-refractivity contribution in [1.82, 2.24) is 0 Å². The minimum Gasteiger partial charge on any atom is -0.481 e. The van der Waals surface area contributed by atoms with Gasteiger partial charge in [0.1, 0.15) is 6.10 Å². The van der Waals surface area contributed by atoms with Crippen LogP contribution in [0.25, 0.3) is 0 Å². The standard InChI is InChI=1S/C15H10O3/c16-13-8-4-1-2-5-9(8)14(17)15-12(13)10-6-3-7-11(10)18-15/h1-5,7,10-11H,6H2/t10-,11+/m1/s1. The summed E-state index contributed by atoms with van der Waals surface area (Å²) in [6.07, 6.45) is 4.60. The maximum atomic E-state index is 12.5. The van der Waals surface area contributed by atoms with Crippen molar-refractivity contribution in [3.8, 4) is 0 Å². The van der Waals surface area contributed by atoms with Crippen molar-refractivity contribution in [3.63, 3.8) is 0 Å². The van der Waals surface area contributed by atoms with Gasteiger partial charge in [0.05, 0.1) is 5.57 Å². The predicted octanol–water partition coefficient (Wildman–Crippen LogP) is 2.29. The lowest BCUT2D eigenvalue weighted by Crippen LogP contribution is -2.22. The molecular formula is C15H10O3. The Morgan fingerprint density at radius 1 is 1.06 bits per heavy atom. The highest BCUT2D eigenvalue weighted by molar-refractivity contribution is 6.26. The summed E-state index contributed by atoms with van der Waals surface area (Å²) in [7, 11) is 0. The first kappa shape index (κ1) is 9.83. The summed E-state index contributed by atoms with van der Waals surface area (Å²) in [6.45, 7) is 0. The zero-order valence-electron chi connectivity index (χ0n) is 9.55. The van der Waals surface area contributed by atoms with Crippen LogP contribution in [0.5, 0.6) is 0 Å². The smallest absolute Gasteiger partial charge is 0.228 e. The number of ketones is 2. The number of allylic oxidation sites excluding steroid dienone is 2. The van der Waals surface area contributed by atoms with Gasteiger partial charge in [-0.3, -0.25) is 9.59 Å². The lowest BCUT2D eigenvalue weighted by atomic mass is 9.82. The molecule has 3 aliphatic rings. The lowest BCUT2D eigenvalue weighted by Gasteiger charge is -2.16. The maximum Gasteiger partial charge on any atom is 0.228 e. The molecule has 0 aromatic heterocycles. The van der Waals surface area contributed by atoms with Crippen molar-refractivity contribution >= 4 is 11.6 Å². The van der Waals surface area contributed by atoms with E-state index in [1.165, 1.54) is 0 Å². The van der Waals surface area contributed by atoms with Crippen LogP contribution in [0.1, 0.15) is 27.1 Å². The highest BCUT2D eigenvalue weighted by atomic mass is 16.5. The molecule has 88 valence electrons. The molecule has 0 amide bonds. The molecule has 2 atom stereocenters. The van der Waals surface area contributed by atoms with Crippen molar-refractivity contribution in [2.75, 3.05) is 0 Å². The molecule has 0 bridgehead atoms. The van der Waals surface area contributed by atoms with Crippen LogP contribution < -0.4 is 0 Å². The summed E-state index contributed by atoms with van der Waals surface area (Å²) in [6, 6.07) is 6.96. The summed E-state index contributed by atoms with van der Waals surface area (Å²) in [5, 5.41) is 0. The Labute approximate surface area is 104 Å². The second-order valence-electron chi connectivity index (χ2n) is 4.80. The van der Waals surface area contributed by atoms with Gasteiger partial charge in [0.15, 0.2) is 11.5 Å². The van der Waals surface area contributed by atoms with Crippen LogP contribution in [0, 0.1) is 5.92 Å². The summed E-state index contributed by atoms with van der Waals surface area (Å²) in [4.78, 5) is 24.8. The van der Waals surface area contributed by atoms with Gasteiger partial charge in [-0.1, -0.05) is 30.3 Å². The van der Waals surface area contributed by atoms with Crippen molar-refractivity contribution < 1.29 is 14.3 Å². The number of ether oxygens (including phenoxy) is 1. The van der Waals surface area contributed by atoms with Crippen molar-refractivity contribution in [1.29, 1.82) is 0 Å². The normalized spacial score (nSPS) is 28.0. The van der Waals surface area contributed by atoms with Crippen molar-refractivity contribution in [2.45, 2.75) is 12.5 Å². The van der Waals surface area contributed by atoms with Crippen LogP contribution in [0.3, 0.4) is 0 Å². The van der Waals surface area contributed by atoms with Crippen LogP contribution in [0.4, 0.5) is 0 Å². The molecule has 0 saturated heterocycles. The topological polar surface area (TPSA) is 43.4 Å².